The van der Waals surface area contributed by atoms with Gasteiger partial charge in [-0.15, -0.1) is 0 Å². The van der Waals surface area contributed by atoms with Crippen LogP contribution >= 0.6 is 11.9 Å². The second kappa shape index (κ2) is 8.86. The molecule has 0 fully saturated rings. The summed E-state index contributed by atoms with van der Waals surface area (Å²) in [4.78, 5) is 1.13. The Labute approximate surface area is 134 Å². The maximum Gasteiger partial charge on any atom is 0.0801 e. The molecule has 0 aromatic heterocycles. The first-order chi connectivity index (χ1) is 10.8. The molecule has 0 aliphatic rings. The van der Waals surface area contributed by atoms with E-state index in [9.17, 15) is 0 Å². The predicted molar refractivity (Wildman–Crippen MR) is 96.0 cm³/mol. The molecule has 5 nitrogen and oxygen atoms in total. The molecule has 2 rings (SSSR count). The number of benzene rings is 2. The molecular weight excluding hydrogens is 294 g/mol. The second-order valence-corrected chi connectivity index (χ2v) is 5.36. The highest BCUT2D eigenvalue weighted by Gasteiger charge is 2.04. The topological polar surface area (TPSA) is 72.3 Å². The fourth-order valence-corrected chi connectivity index (χ4v) is 2.52. The van der Waals surface area contributed by atoms with Crippen LogP contribution in [0.1, 0.15) is 5.56 Å². The lowest BCUT2D eigenvalue weighted by Gasteiger charge is -2.13. The van der Waals surface area contributed by atoms with E-state index >= 15 is 0 Å². The highest BCUT2D eigenvalue weighted by molar-refractivity contribution is 8.00. The quantitative estimate of drug-likeness (QED) is 0.341. The molecule has 22 heavy (non-hydrogen) atoms. The minimum Gasteiger partial charge on any atom is -0.324 e. The van der Waals surface area contributed by atoms with Gasteiger partial charge >= 0.3 is 0 Å². The molecule has 0 spiro atoms. The summed E-state index contributed by atoms with van der Waals surface area (Å²) in [6.07, 6.45) is 2.53. The van der Waals surface area contributed by atoms with E-state index < -0.39 is 0 Å². The van der Waals surface area contributed by atoms with E-state index in [0.717, 1.165) is 29.0 Å². The third-order valence-electron chi connectivity index (χ3n) is 2.82. The maximum absolute atomic E-state index is 6.96. The summed E-state index contributed by atoms with van der Waals surface area (Å²) in [5.74, 6) is 0. The summed E-state index contributed by atoms with van der Waals surface area (Å²) in [5.41, 5.74) is 5.93. The van der Waals surface area contributed by atoms with Crippen LogP contribution in [0.15, 0.2) is 58.5 Å². The van der Waals surface area contributed by atoms with Crippen LogP contribution in [0.2, 0.25) is 0 Å². The van der Waals surface area contributed by atoms with Crippen LogP contribution in [0, 0.1) is 5.41 Å². The van der Waals surface area contributed by atoms with Crippen LogP contribution in [0.4, 0.5) is 11.4 Å². The molecule has 0 aliphatic carbocycles. The van der Waals surface area contributed by atoms with Crippen molar-refractivity contribution in [3.63, 3.8) is 0 Å². The fraction of sp³-hybridized carbons (Fsp3) is 0.125. The highest BCUT2D eigenvalue weighted by Crippen LogP contribution is 2.28. The molecule has 0 bridgehead atoms. The lowest BCUT2D eigenvalue weighted by Crippen LogP contribution is -2.06. The normalized spacial score (nSPS) is 10.6. The zero-order valence-corrected chi connectivity index (χ0v) is 13.2. The minimum atomic E-state index is 0.800. The van der Waals surface area contributed by atoms with Gasteiger partial charge in [-0.2, -0.15) is 5.10 Å². The van der Waals surface area contributed by atoms with E-state index in [-0.39, 0.29) is 0 Å². The summed E-state index contributed by atoms with van der Waals surface area (Å²) in [7, 11) is 1.92. The second-order valence-electron chi connectivity index (χ2n) is 4.48. The monoisotopic (exact) mass is 313 g/mol. The molecule has 0 saturated heterocycles. The van der Waals surface area contributed by atoms with E-state index in [0.29, 0.717) is 0 Å². The molecule has 4 N–H and O–H groups in total. The smallest absolute Gasteiger partial charge is 0.0801 e. The molecular formula is C16H19N5S. The van der Waals surface area contributed by atoms with Crippen LogP contribution in [0.25, 0.3) is 0 Å². The summed E-state index contributed by atoms with van der Waals surface area (Å²) < 4.78 is 3.35. The number of hydrogen-bond acceptors (Lipinski definition) is 6. The van der Waals surface area contributed by atoms with Crippen LogP contribution in [0.5, 0.6) is 0 Å². The Morgan fingerprint density at radius 3 is 2.68 bits per heavy atom. The van der Waals surface area contributed by atoms with E-state index in [1.165, 1.54) is 11.8 Å². The van der Waals surface area contributed by atoms with Crippen molar-refractivity contribution in [1.29, 1.82) is 5.41 Å². The molecule has 2 aromatic carbocycles. The Morgan fingerprint density at radius 1 is 1.14 bits per heavy atom. The van der Waals surface area contributed by atoms with Gasteiger partial charge in [-0.25, -0.2) is 0 Å². The number of nitrogens with one attached hydrogen (secondary N) is 4. The van der Waals surface area contributed by atoms with Crippen LogP contribution in [-0.2, 0) is 6.54 Å². The largest absolute Gasteiger partial charge is 0.324 e. The Kier molecular flexibility index (Phi) is 6.47. The zero-order valence-electron chi connectivity index (χ0n) is 12.3. The maximum atomic E-state index is 6.96. The van der Waals surface area contributed by atoms with Gasteiger partial charge in [-0.3, -0.25) is 5.43 Å². The van der Waals surface area contributed by atoms with Gasteiger partial charge in [0.15, 0.2) is 0 Å². The number of anilines is 2. The van der Waals surface area contributed by atoms with Crippen molar-refractivity contribution in [3.8, 4) is 0 Å². The lowest BCUT2D eigenvalue weighted by molar-refractivity contribution is 0.818. The van der Waals surface area contributed by atoms with Crippen LogP contribution < -0.4 is 15.5 Å². The van der Waals surface area contributed by atoms with Gasteiger partial charge < -0.3 is 15.4 Å². The molecule has 114 valence electrons. The van der Waals surface area contributed by atoms with E-state index in [1.807, 2.05) is 37.4 Å². The van der Waals surface area contributed by atoms with Crippen molar-refractivity contribution in [1.82, 2.24) is 5.32 Å². The molecule has 0 saturated carbocycles. The molecule has 0 heterocycles. The van der Waals surface area contributed by atoms with Gasteiger partial charge in [0.25, 0.3) is 0 Å². The van der Waals surface area contributed by atoms with Gasteiger partial charge in [0.2, 0.25) is 0 Å². The zero-order chi connectivity index (χ0) is 15.6. The van der Waals surface area contributed by atoms with Gasteiger partial charge in [-0.05, 0) is 48.8 Å². The van der Waals surface area contributed by atoms with Crippen LogP contribution in [0.3, 0.4) is 0 Å². The first-order valence-electron chi connectivity index (χ1n) is 6.87. The SMILES string of the molecule is CNCc1ccc(N/N=C\C=N)c(NSc2ccccc2)c1. The number of hydrazone groups is 1. The third-order valence-corrected chi connectivity index (χ3v) is 3.65. The van der Waals surface area contributed by atoms with Gasteiger partial charge in [0, 0.05) is 17.7 Å². The Balaban J connectivity index is 2.14. The molecule has 6 heteroatoms. The Morgan fingerprint density at radius 2 is 1.95 bits per heavy atom. The standard InChI is InChI=1S/C16H19N5S/c1-18-12-13-7-8-15(20-19-10-9-17)16(11-13)21-22-14-5-3-2-4-6-14/h2-11,17-18,20-21H,12H2,1H3/b17-9?,19-10-. The van der Waals surface area contributed by atoms with Crippen molar-refractivity contribution >= 4 is 35.8 Å². The molecule has 0 atom stereocenters. The summed E-state index contributed by atoms with van der Waals surface area (Å²) in [6.45, 7) is 0.800. The Bertz CT molecular complexity index is 628. The van der Waals surface area contributed by atoms with Gasteiger partial charge in [0.1, 0.15) is 0 Å². The molecule has 0 unspecified atom stereocenters. The van der Waals surface area contributed by atoms with Gasteiger partial charge in [-0.1, -0.05) is 24.3 Å². The van der Waals surface area contributed by atoms with Crippen molar-refractivity contribution in [2.75, 3.05) is 17.2 Å². The minimum absolute atomic E-state index is 0.800. The number of rotatable bonds is 8. The average molecular weight is 313 g/mol. The average Bonchev–Trinajstić information content (AvgIpc) is 2.56. The van der Waals surface area contributed by atoms with Crippen LogP contribution in [-0.4, -0.2) is 19.5 Å². The summed E-state index contributed by atoms with van der Waals surface area (Å²) in [5, 5.41) is 14.1. The van der Waals surface area contributed by atoms with Crippen molar-refractivity contribution < 1.29 is 0 Å². The first-order valence-corrected chi connectivity index (χ1v) is 7.68. The molecule has 2 aromatic rings. The summed E-state index contributed by atoms with van der Waals surface area (Å²) >= 11 is 1.55. The fourth-order valence-electron chi connectivity index (χ4n) is 1.83. The molecule has 0 aliphatic heterocycles. The first kappa shape index (κ1) is 16.1. The third kappa shape index (κ3) is 4.91. The highest BCUT2D eigenvalue weighted by atomic mass is 32.2. The number of hydrogen-bond donors (Lipinski definition) is 4. The van der Waals surface area contributed by atoms with Crippen molar-refractivity contribution in [3.05, 3.63) is 54.1 Å². The Hall–Kier alpha value is -2.31. The molecule has 0 amide bonds. The molecule has 0 radical (unpaired) electrons. The lowest BCUT2D eigenvalue weighted by atomic mass is 10.2. The predicted octanol–water partition coefficient (Wildman–Crippen LogP) is 3.57. The van der Waals surface area contributed by atoms with Crippen molar-refractivity contribution in [2.45, 2.75) is 11.4 Å². The van der Waals surface area contributed by atoms with Gasteiger partial charge in [0.05, 0.1) is 17.6 Å². The van der Waals surface area contributed by atoms with E-state index in [1.54, 1.807) is 11.9 Å². The van der Waals surface area contributed by atoms with E-state index in [2.05, 4.69) is 38.8 Å². The number of nitrogens with zero attached hydrogens (tertiary/aromatic N) is 1. The van der Waals surface area contributed by atoms with Crippen molar-refractivity contribution in [2.24, 2.45) is 5.10 Å². The summed E-state index contributed by atoms with van der Waals surface area (Å²) in [6, 6.07) is 16.2. The van der Waals surface area contributed by atoms with E-state index in [4.69, 9.17) is 5.41 Å².